The van der Waals surface area contributed by atoms with Crippen LogP contribution in [0.5, 0.6) is 11.6 Å². The van der Waals surface area contributed by atoms with Gasteiger partial charge >= 0.3 is 0 Å². The van der Waals surface area contributed by atoms with Gasteiger partial charge in [0.25, 0.3) is 0 Å². The smallest absolute Gasteiger partial charge is 0.223 e. The first-order chi connectivity index (χ1) is 10.2. The zero-order chi connectivity index (χ0) is 14.8. The van der Waals surface area contributed by atoms with Crippen LogP contribution in [0.25, 0.3) is 10.9 Å². The van der Waals surface area contributed by atoms with E-state index in [1.54, 1.807) is 0 Å². The summed E-state index contributed by atoms with van der Waals surface area (Å²) >= 11 is 6.97. The fourth-order valence-electron chi connectivity index (χ4n) is 2.16. The average Bonchev–Trinajstić information content (AvgIpc) is 2.49. The molecule has 2 aromatic carbocycles. The lowest BCUT2D eigenvalue weighted by Crippen LogP contribution is -1.95. The number of pyridine rings is 1. The second-order valence-electron chi connectivity index (χ2n) is 4.79. The summed E-state index contributed by atoms with van der Waals surface area (Å²) in [7, 11) is 0. The Morgan fingerprint density at radius 1 is 1.10 bits per heavy atom. The highest BCUT2D eigenvalue weighted by molar-refractivity contribution is 9.10. The molecule has 0 spiro atoms. The van der Waals surface area contributed by atoms with E-state index in [2.05, 4.69) is 49.0 Å². The summed E-state index contributed by atoms with van der Waals surface area (Å²) in [5.74, 6) is 1.47. The Kier molecular flexibility index (Phi) is 4.27. The van der Waals surface area contributed by atoms with Crippen LogP contribution in [0.2, 0.25) is 0 Å². The van der Waals surface area contributed by atoms with Gasteiger partial charge in [0, 0.05) is 20.8 Å². The van der Waals surface area contributed by atoms with Gasteiger partial charge in [-0.3, -0.25) is 0 Å². The van der Waals surface area contributed by atoms with E-state index in [0.717, 1.165) is 32.3 Å². The van der Waals surface area contributed by atoms with Crippen molar-refractivity contribution in [3.63, 3.8) is 0 Å². The normalized spacial score (nSPS) is 10.8. The van der Waals surface area contributed by atoms with Gasteiger partial charge in [-0.15, -0.1) is 0 Å². The van der Waals surface area contributed by atoms with Crippen LogP contribution in [0.1, 0.15) is 11.1 Å². The maximum Gasteiger partial charge on any atom is 0.223 e. The standard InChI is InChI=1S/C17H13Br2NO/c1-11-8-14(19)6-7-16(11)21-17-13(10-18)9-12-4-2-3-5-15(12)20-17/h2-9H,10H2,1H3. The van der Waals surface area contributed by atoms with Crippen molar-refractivity contribution in [3.8, 4) is 11.6 Å². The zero-order valence-corrected chi connectivity index (χ0v) is 14.6. The van der Waals surface area contributed by atoms with E-state index < -0.39 is 0 Å². The number of aryl methyl sites for hydroxylation is 1. The first kappa shape index (κ1) is 14.5. The molecule has 21 heavy (non-hydrogen) atoms. The monoisotopic (exact) mass is 405 g/mol. The molecule has 1 aromatic heterocycles. The summed E-state index contributed by atoms with van der Waals surface area (Å²) in [6.45, 7) is 2.02. The molecule has 0 saturated carbocycles. The lowest BCUT2D eigenvalue weighted by atomic mass is 10.1. The molecule has 2 nitrogen and oxygen atoms in total. The first-order valence-corrected chi connectivity index (χ1v) is 8.47. The number of nitrogens with zero attached hydrogens (tertiary/aromatic N) is 1. The number of aromatic nitrogens is 1. The molecule has 0 unspecified atom stereocenters. The highest BCUT2D eigenvalue weighted by Crippen LogP contribution is 2.31. The molecule has 1 heterocycles. The van der Waals surface area contributed by atoms with Crippen molar-refractivity contribution in [1.29, 1.82) is 0 Å². The summed E-state index contributed by atoms with van der Waals surface area (Å²) < 4.78 is 7.07. The average molecular weight is 407 g/mol. The van der Waals surface area contributed by atoms with E-state index in [9.17, 15) is 0 Å². The predicted molar refractivity (Wildman–Crippen MR) is 93.3 cm³/mol. The van der Waals surface area contributed by atoms with Gasteiger partial charge in [-0.05, 0) is 42.8 Å². The minimum Gasteiger partial charge on any atom is -0.438 e. The van der Waals surface area contributed by atoms with E-state index in [-0.39, 0.29) is 0 Å². The van der Waals surface area contributed by atoms with Crippen LogP contribution in [0.4, 0.5) is 0 Å². The number of para-hydroxylation sites is 1. The highest BCUT2D eigenvalue weighted by Gasteiger charge is 2.10. The number of benzene rings is 2. The van der Waals surface area contributed by atoms with Gasteiger partial charge in [-0.2, -0.15) is 0 Å². The van der Waals surface area contributed by atoms with E-state index in [1.165, 1.54) is 0 Å². The van der Waals surface area contributed by atoms with Crippen molar-refractivity contribution in [3.05, 3.63) is 64.1 Å². The molecular weight excluding hydrogens is 394 g/mol. The summed E-state index contributed by atoms with van der Waals surface area (Å²) in [4.78, 5) is 4.64. The third kappa shape index (κ3) is 3.11. The Morgan fingerprint density at radius 2 is 1.90 bits per heavy atom. The molecule has 0 N–H and O–H groups in total. The van der Waals surface area contributed by atoms with Gasteiger partial charge in [0.15, 0.2) is 0 Å². The molecule has 0 atom stereocenters. The van der Waals surface area contributed by atoms with Crippen molar-refractivity contribution in [2.45, 2.75) is 12.3 Å². The number of hydrogen-bond acceptors (Lipinski definition) is 2. The van der Waals surface area contributed by atoms with Crippen molar-refractivity contribution < 1.29 is 4.74 Å². The largest absolute Gasteiger partial charge is 0.438 e. The molecule has 3 rings (SSSR count). The van der Waals surface area contributed by atoms with Crippen LogP contribution in [-0.4, -0.2) is 4.98 Å². The van der Waals surface area contributed by atoms with Crippen LogP contribution < -0.4 is 4.74 Å². The van der Waals surface area contributed by atoms with Crippen molar-refractivity contribution >= 4 is 42.8 Å². The quantitative estimate of drug-likeness (QED) is 0.498. The Morgan fingerprint density at radius 3 is 2.67 bits per heavy atom. The Bertz CT molecular complexity index is 802. The molecule has 0 aliphatic heterocycles. The van der Waals surface area contributed by atoms with Crippen LogP contribution in [-0.2, 0) is 5.33 Å². The third-order valence-electron chi connectivity index (χ3n) is 3.25. The SMILES string of the molecule is Cc1cc(Br)ccc1Oc1nc2ccccc2cc1CBr. The van der Waals surface area contributed by atoms with E-state index >= 15 is 0 Å². The molecule has 0 amide bonds. The first-order valence-electron chi connectivity index (χ1n) is 6.56. The topological polar surface area (TPSA) is 22.1 Å². The fourth-order valence-corrected chi connectivity index (χ4v) is 3.03. The van der Waals surface area contributed by atoms with Gasteiger partial charge < -0.3 is 4.74 Å². The van der Waals surface area contributed by atoms with Crippen molar-refractivity contribution in [2.24, 2.45) is 0 Å². The molecule has 0 bridgehead atoms. The van der Waals surface area contributed by atoms with Gasteiger partial charge in [-0.1, -0.05) is 50.1 Å². The van der Waals surface area contributed by atoms with Crippen molar-refractivity contribution in [1.82, 2.24) is 4.98 Å². The molecule has 0 saturated heterocycles. The Labute approximate surface area is 140 Å². The van der Waals surface area contributed by atoms with Gasteiger partial charge in [0.1, 0.15) is 5.75 Å². The molecule has 0 radical (unpaired) electrons. The lowest BCUT2D eigenvalue weighted by molar-refractivity contribution is 0.457. The molecule has 0 aliphatic rings. The second-order valence-corrected chi connectivity index (χ2v) is 6.27. The molecule has 106 valence electrons. The summed E-state index contributed by atoms with van der Waals surface area (Å²) in [5.41, 5.74) is 3.04. The van der Waals surface area contributed by atoms with E-state index in [0.29, 0.717) is 11.2 Å². The maximum atomic E-state index is 6.03. The minimum atomic E-state index is 0.649. The molecular formula is C17H13Br2NO. The molecule has 4 heteroatoms. The number of alkyl halides is 1. The predicted octanol–water partition coefficient (Wildman–Crippen LogP) is 5.99. The zero-order valence-electron chi connectivity index (χ0n) is 11.4. The maximum absolute atomic E-state index is 6.03. The number of rotatable bonds is 3. The van der Waals surface area contributed by atoms with Gasteiger partial charge in [0.05, 0.1) is 5.52 Å². The molecule has 0 fully saturated rings. The summed E-state index contributed by atoms with van der Waals surface area (Å²) in [6.07, 6.45) is 0. The molecule has 3 aromatic rings. The van der Waals surface area contributed by atoms with E-state index in [1.807, 2.05) is 43.3 Å². The van der Waals surface area contributed by atoms with Crippen LogP contribution in [0, 0.1) is 6.92 Å². The lowest BCUT2D eigenvalue weighted by Gasteiger charge is -2.12. The second kappa shape index (κ2) is 6.16. The Hall–Kier alpha value is -1.39. The number of hydrogen-bond donors (Lipinski definition) is 0. The van der Waals surface area contributed by atoms with Crippen LogP contribution >= 0.6 is 31.9 Å². The summed E-state index contributed by atoms with van der Waals surface area (Å²) in [6, 6.07) is 16.1. The molecule has 0 aliphatic carbocycles. The number of ether oxygens (including phenoxy) is 1. The van der Waals surface area contributed by atoms with Gasteiger partial charge in [0.2, 0.25) is 5.88 Å². The summed E-state index contributed by atoms with van der Waals surface area (Å²) in [5, 5.41) is 1.82. The van der Waals surface area contributed by atoms with Crippen LogP contribution in [0.15, 0.2) is 53.0 Å². The number of halogens is 2. The van der Waals surface area contributed by atoms with Crippen molar-refractivity contribution in [2.75, 3.05) is 0 Å². The number of fused-ring (bicyclic) bond motifs is 1. The third-order valence-corrected chi connectivity index (χ3v) is 4.35. The van der Waals surface area contributed by atoms with Gasteiger partial charge in [-0.25, -0.2) is 4.98 Å². The minimum absolute atomic E-state index is 0.649. The highest BCUT2D eigenvalue weighted by atomic mass is 79.9. The van der Waals surface area contributed by atoms with E-state index in [4.69, 9.17) is 4.74 Å². The fraction of sp³-hybridized carbons (Fsp3) is 0.118. The Balaban J connectivity index is 2.06. The van der Waals surface area contributed by atoms with Crippen LogP contribution in [0.3, 0.4) is 0 Å².